The molecule has 3 rings (SSSR count). The lowest BCUT2D eigenvalue weighted by molar-refractivity contribution is -0.133. The van der Waals surface area contributed by atoms with Crippen molar-refractivity contribution in [2.75, 3.05) is 20.8 Å². The normalized spacial score (nSPS) is 16.8. The molecule has 0 aliphatic carbocycles. The van der Waals surface area contributed by atoms with Crippen molar-refractivity contribution in [1.29, 1.82) is 0 Å². The van der Waals surface area contributed by atoms with Gasteiger partial charge in [0.15, 0.2) is 0 Å². The van der Waals surface area contributed by atoms with Crippen molar-refractivity contribution < 1.29 is 19.1 Å². The van der Waals surface area contributed by atoms with Crippen LogP contribution in [-0.4, -0.2) is 37.5 Å². The Kier molecular flexibility index (Phi) is 7.37. The molecule has 0 aromatic heterocycles. The largest absolute Gasteiger partial charge is 0.497 e. The van der Waals surface area contributed by atoms with Gasteiger partial charge in [-0.05, 0) is 42.7 Å². The fourth-order valence-electron chi connectivity index (χ4n) is 3.97. The standard InChI is InChI=1S/C23H27BrN2O4/c1-15(27)25-20(16-6-8-17(24)9-7-16)14-23(28)26-12-4-5-21(26)19-11-10-18(29-2)13-22(19)30-3/h6-11,13,20-21H,4-5,12,14H2,1-3H3,(H,25,27). The second-order valence-electron chi connectivity index (χ2n) is 7.36. The molecular weight excluding hydrogens is 448 g/mol. The highest BCUT2D eigenvalue weighted by Crippen LogP contribution is 2.39. The van der Waals surface area contributed by atoms with Crippen LogP contribution in [0.1, 0.15) is 49.4 Å². The van der Waals surface area contributed by atoms with Crippen LogP contribution in [0.5, 0.6) is 11.5 Å². The molecule has 1 aliphatic rings. The Morgan fingerprint density at radius 2 is 1.90 bits per heavy atom. The van der Waals surface area contributed by atoms with E-state index in [2.05, 4.69) is 21.2 Å². The number of halogens is 1. The van der Waals surface area contributed by atoms with Crippen molar-refractivity contribution in [3.05, 3.63) is 58.1 Å². The minimum Gasteiger partial charge on any atom is -0.497 e. The Morgan fingerprint density at radius 3 is 2.53 bits per heavy atom. The lowest BCUT2D eigenvalue weighted by Crippen LogP contribution is -2.35. The van der Waals surface area contributed by atoms with E-state index < -0.39 is 0 Å². The summed E-state index contributed by atoms with van der Waals surface area (Å²) in [5.74, 6) is 1.28. The van der Waals surface area contributed by atoms with E-state index in [4.69, 9.17) is 9.47 Å². The molecule has 1 saturated heterocycles. The SMILES string of the molecule is COc1ccc(C2CCCN2C(=O)CC(NC(C)=O)c2ccc(Br)cc2)c(OC)c1. The maximum atomic E-state index is 13.3. The summed E-state index contributed by atoms with van der Waals surface area (Å²) < 4.78 is 11.8. The molecule has 2 aromatic carbocycles. The number of benzene rings is 2. The van der Waals surface area contributed by atoms with Crippen molar-refractivity contribution in [2.45, 2.75) is 38.3 Å². The molecule has 0 saturated carbocycles. The number of carbonyl (C=O) groups is 2. The van der Waals surface area contributed by atoms with Gasteiger partial charge in [-0.2, -0.15) is 0 Å². The molecule has 30 heavy (non-hydrogen) atoms. The van der Waals surface area contributed by atoms with Crippen LogP contribution in [0.3, 0.4) is 0 Å². The maximum Gasteiger partial charge on any atom is 0.225 e. The molecule has 0 radical (unpaired) electrons. The average Bonchev–Trinajstić information content (AvgIpc) is 3.22. The monoisotopic (exact) mass is 474 g/mol. The number of amides is 2. The molecule has 1 aliphatic heterocycles. The van der Waals surface area contributed by atoms with Crippen LogP contribution in [-0.2, 0) is 9.59 Å². The van der Waals surface area contributed by atoms with Crippen molar-refractivity contribution in [3.8, 4) is 11.5 Å². The fourth-order valence-corrected chi connectivity index (χ4v) is 4.23. The minimum atomic E-state index is -0.373. The molecule has 1 heterocycles. The zero-order valence-electron chi connectivity index (χ0n) is 17.5. The molecule has 2 unspecified atom stereocenters. The highest BCUT2D eigenvalue weighted by Gasteiger charge is 2.33. The van der Waals surface area contributed by atoms with Gasteiger partial charge < -0.3 is 19.7 Å². The van der Waals surface area contributed by atoms with Gasteiger partial charge in [0, 0.05) is 29.6 Å². The number of nitrogens with one attached hydrogen (secondary N) is 1. The molecular formula is C23H27BrN2O4. The molecule has 2 aromatic rings. The summed E-state index contributed by atoms with van der Waals surface area (Å²) in [6.07, 6.45) is 2.00. The first-order chi connectivity index (χ1) is 14.4. The predicted molar refractivity (Wildman–Crippen MR) is 119 cm³/mol. The van der Waals surface area contributed by atoms with Gasteiger partial charge in [-0.25, -0.2) is 0 Å². The lowest BCUT2D eigenvalue weighted by atomic mass is 10.0. The van der Waals surface area contributed by atoms with Gasteiger partial charge in [-0.3, -0.25) is 9.59 Å². The predicted octanol–water partition coefficient (Wildman–Crippen LogP) is 4.40. The second kappa shape index (κ2) is 9.98. The topological polar surface area (TPSA) is 67.9 Å². The van der Waals surface area contributed by atoms with E-state index in [1.165, 1.54) is 6.92 Å². The number of rotatable bonds is 7. The third-order valence-corrected chi connectivity index (χ3v) is 5.93. The van der Waals surface area contributed by atoms with Gasteiger partial charge in [0.2, 0.25) is 11.8 Å². The lowest BCUT2D eigenvalue weighted by Gasteiger charge is -2.28. The summed E-state index contributed by atoms with van der Waals surface area (Å²) in [7, 11) is 3.24. The molecule has 160 valence electrons. The zero-order chi connectivity index (χ0) is 21.7. The van der Waals surface area contributed by atoms with E-state index in [9.17, 15) is 9.59 Å². The molecule has 1 fully saturated rings. The smallest absolute Gasteiger partial charge is 0.225 e. The summed E-state index contributed by atoms with van der Waals surface area (Å²) in [5.41, 5.74) is 1.88. The minimum absolute atomic E-state index is 0.0111. The fraction of sp³-hybridized carbons (Fsp3) is 0.391. The van der Waals surface area contributed by atoms with Gasteiger partial charge in [-0.1, -0.05) is 28.1 Å². The zero-order valence-corrected chi connectivity index (χ0v) is 19.1. The van der Waals surface area contributed by atoms with Gasteiger partial charge in [0.05, 0.1) is 32.7 Å². The Bertz CT molecular complexity index is 901. The average molecular weight is 475 g/mol. The van der Waals surface area contributed by atoms with Crippen LogP contribution in [0.25, 0.3) is 0 Å². The first-order valence-electron chi connectivity index (χ1n) is 9.97. The highest BCUT2D eigenvalue weighted by atomic mass is 79.9. The third-order valence-electron chi connectivity index (χ3n) is 5.40. The van der Waals surface area contributed by atoms with Crippen molar-refractivity contribution in [2.24, 2.45) is 0 Å². The number of methoxy groups -OCH3 is 2. The van der Waals surface area contributed by atoms with Crippen LogP contribution < -0.4 is 14.8 Å². The van der Waals surface area contributed by atoms with Crippen LogP contribution >= 0.6 is 15.9 Å². The van der Waals surface area contributed by atoms with Crippen LogP contribution in [0.4, 0.5) is 0 Å². The maximum absolute atomic E-state index is 13.3. The Morgan fingerprint density at radius 1 is 1.17 bits per heavy atom. The summed E-state index contributed by atoms with van der Waals surface area (Å²) >= 11 is 3.42. The third kappa shape index (κ3) is 5.14. The van der Waals surface area contributed by atoms with Crippen molar-refractivity contribution >= 4 is 27.7 Å². The number of likely N-dealkylation sites (tertiary alicyclic amines) is 1. The number of nitrogens with zero attached hydrogens (tertiary/aromatic N) is 1. The van der Waals surface area contributed by atoms with E-state index in [-0.39, 0.29) is 30.3 Å². The Hall–Kier alpha value is -2.54. The van der Waals surface area contributed by atoms with E-state index in [1.807, 2.05) is 47.4 Å². The van der Waals surface area contributed by atoms with Crippen LogP contribution in [0, 0.1) is 0 Å². The van der Waals surface area contributed by atoms with Gasteiger partial charge >= 0.3 is 0 Å². The van der Waals surface area contributed by atoms with E-state index in [0.717, 1.165) is 28.4 Å². The van der Waals surface area contributed by atoms with Gasteiger partial charge in [0.1, 0.15) is 11.5 Å². The van der Waals surface area contributed by atoms with E-state index >= 15 is 0 Å². The Balaban J connectivity index is 1.82. The molecule has 0 bridgehead atoms. The van der Waals surface area contributed by atoms with E-state index in [1.54, 1.807) is 14.2 Å². The first kappa shape index (κ1) is 22.2. The number of hydrogen-bond acceptors (Lipinski definition) is 4. The molecule has 1 N–H and O–H groups in total. The highest BCUT2D eigenvalue weighted by molar-refractivity contribution is 9.10. The summed E-state index contributed by atoms with van der Waals surface area (Å²) in [4.78, 5) is 26.9. The second-order valence-corrected chi connectivity index (χ2v) is 8.28. The van der Waals surface area contributed by atoms with Crippen LogP contribution in [0.15, 0.2) is 46.9 Å². The summed E-state index contributed by atoms with van der Waals surface area (Å²) in [6, 6.07) is 12.9. The number of carbonyl (C=O) groups excluding carboxylic acids is 2. The van der Waals surface area contributed by atoms with Crippen molar-refractivity contribution in [3.63, 3.8) is 0 Å². The number of ether oxygens (including phenoxy) is 2. The van der Waals surface area contributed by atoms with E-state index in [0.29, 0.717) is 18.0 Å². The first-order valence-corrected chi connectivity index (χ1v) is 10.8. The van der Waals surface area contributed by atoms with Gasteiger partial charge in [-0.15, -0.1) is 0 Å². The molecule has 7 heteroatoms. The van der Waals surface area contributed by atoms with Gasteiger partial charge in [0.25, 0.3) is 0 Å². The number of hydrogen-bond donors (Lipinski definition) is 1. The van der Waals surface area contributed by atoms with Crippen molar-refractivity contribution in [1.82, 2.24) is 10.2 Å². The molecule has 2 atom stereocenters. The molecule has 2 amide bonds. The quantitative estimate of drug-likeness (QED) is 0.645. The summed E-state index contributed by atoms with van der Waals surface area (Å²) in [5, 5.41) is 2.92. The molecule has 6 nitrogen and oxygen atoms in total. The summed E-state index contributed by atoms with van der Waals surface area (Å²) in [6.45, 7) is 2.16. The Labute approximate surface area is 185 Å². The van der Waals surface area contributed by atoms with Crippen LogP contribution in [0.2, 0.25) is 0 Å². The molecule has 0 spiro atoms.